The van der Waals surface area contributed by atoms with Crippen molar-refractivity contribution in [1.29, 1.82) is 0 Å². The van der Waals surface area contributed by atoms with E-state index in [-0.39, 0.29) is 17.6 Å². The van der Waals surface area contributed by atoms with Crippen LogP contribution in [0.3, 0.4) is 0 Å². The molecule has 4 nitrogen and oxygen atoms in total. The van der Waals surface area contributed by atoms with Crippen molar-refractivity contribution in [3.05, 3.63) is 0 Å². The first kappa shape index (κ1) is 10.3. The molecular formula is C9H19N3O. The van der Waals surface area contributed by atoms with Crippen LogP contribution in [0.5, 0.6) is 0 Å². The van der Waals surface area contributed by atoms with Crippen molar-refractivity contribution in [1.82, 2.24) is 9.80 Å². The molecule has 4 heteroatoms. The highest BCUT2D eigenvalue weighted by atomic mass is 16.2. The maximum Gasteiger partial charge on any atom is 0.320 e. The molecule has 13 heavy (non-hydrogen) atoms. The standard InChI is InChI=1S/C9H19N3O/c1-9(2,3)12-6-7(5-10)11(4)8(12)13/h7H,5-6,10H2,1-4H3. The molecule has 1 unspecified atom stereocenters. The maximum atomic E-state index is 11.7. The number of hydrogen-bond donors (Lipinski definition) is 1. The number of rotatable bonds is 1. The molecule has 1 aliphatic rings. The maximum absolute atomic E-state index is 11.7. The van der Waals surface area contributed by atoms with Gasteiger partial charge in [-0.05, 0) is 20.8 Å². The van der Waals surface area contributed by atoms with Crippen molar-refractivity contribution in [2.75, 3.05) is 20.1 Å². The average Bonchev–Trinajstić information content (AvgIpc) is 2.28. The molecule has 0 aliphatic carbocycles. The molecule has 1 aliphatic heterocycles. The van der Waals surface area contributed by atoms with Gasteiger partial charge in [0.2, 0.25) is 0 Å². The van der Waals surface area contributed by atoms with E-state index >= 15 is 0 Å². The molecule has 0 aromatic rings. The van der Waals surface area contributed by atoms with Gasteiger partial charge in [0, 0.05) is 25.7 Å². The fourth-order valence-corrected chi connectivity index (χ4v) is 1.55. The van der Waals surface area contributed by atoms with Gasteiger partial charge >= 0.3 is 6.03 Å². The number of urea groups is 1. The monoisotopic (exact) mass is 185 g/mol. The van der Waals surface area contributed by atoms with Crippen LogP contribution >= 0.6 is 0 Å². The van der Waals surface area contributed by atoms with Crippen molar-refractivity contribution in [3.8, 4) is 0 Å². The molecule has 1 fully saturated rings. The van der Waals surface area contributed by atoms with Gasteiger partial charge in [0.25, 0.3) is 0 Å². The van der Waals surface area contributed by atoms with E-state index in [2.05, 4.69) is 0 Å². The van der Waals surface area contributed by atoms with Crippen molar-refractivity contribution in [2.24, 2.45) is 5.73 Å². The molecule has 0 aromatic heterocycles. The van der Waals surface area contributed by atoms with Crippen LogP contribution in [0.1, 0.15) is 20.8 Å². The van der Waals surface area contributed by atoms with Crippen LogP contribution in [-0.2, 0) is 0 Å². The van der Waals surface area contributed by atoms with Gasteiger partial charge < -0.3 is 15.5 Å². The highest BCUT2D eigenvalue weighted by Gasteiger charge is 2.39. The third-order valence-corrected chi connectivity index (χ3v) is 2.56. The Kier molecular flexibility index (Phi) is 2.52. The number of carbonyl (C=O) groups excluding carboxylic acids is 1. The lowest BCUT2D eigenvalue weighted by atomic mass is 10.1. The van der Waals surface area contributed by atoms with Crippen molar-refractivity contribution < 1.29 is 4.79 Å². The Balaban J connectivity index is 2.78. The average molecular weight is 185 g/mol. The van der Waals surface area contributed by atoms with Gasteiger partial charge in [-0.25, -0.2) is 4.79 Å². The third kappa shape index (κ3) is 1.77. The molecule has 1 rings (SSSR count). The normalized spacial score (nSPS) is 24.4. The van der Waals surface area contributed by atoms with Gasteiger partial charge in [-0.2, -0.15) is 0 Å². The fraction of sp³-hybridized carbons (Fsp3) is 0.889. The summed E-state index contributed by atoms with van der Waals surface area (Å²) in [5.41, 5.74) is 5.47. The molecular weight excluding hydrogens is 166 g/mol. The van der Waals surface area contributed by atoms with E-state index in [0.29, 0.717) is 6.54 Å². The molecule has 1 saturated heterocycles. The minimum Gasteiger partial charge on any atom is -0.328 e. The van der Waals surface area contributed by atoms with Gasteiger partial charge in [-0.15, -0.1) is 0 Å². The third-order valence-electron chi connectivity index (χ3n) is 2.56. The molecule has 2 amide bonds. The highest BCUT2D eigenvalue weighted by Crippen LogP contribution is 2.22. The summed E-state index contributed by atoms with van der Waals surface area (Å²) in [6.07, 6.45) is 0. The zero-order chi connectivity index (χ0) is 10.2. The second kappa shape index (κ2) is 3.18. The number of hydrogen-bond acceptors (Lipinski definition) is 2. The first-order chi connectivity index (χ1) is 5.88. The van der Waals surface area contributed by atoms with Crippen molar-refractivity contribution >= 4 is 6.03 Å². The smallest absolute Gasteiger partial charge is 0.320 e. The molecule has 0 aromatic carbocycles. The van der Waals surface area contributed by atoms with Crippen LogP contribution in [0.25, 0.3) is 0 Å². The molecule has 1 atom stereocenters. The number of nitrogens with zero attached hydrogens (tertiary/aromatic N) is 2. The lowest BCUT2D eigenvalue weighted by Gasteiger charge is -2.30. The van der Waals surface area contributed by atoms with Gasteiger partial charge in [0.05, 0.1) is 6.04 Å². The Morgan fingerprint density at radius 2 is 2.08 bits per heavy atom. The van der Waals surface area contributed by atoms with Crippen LogP contribution < -0.4 is 5.73 Å². The Hall–Kier alpha value is -0.770. The summed E-state index contributed by atoms with van der Waals surface area (Å²) in [6.45, 7) is 7.40. The van der Waals surface area contributed by atoms with E-state index in [9.17, 15) is 4.79 Å². The molecule has 0 spiro atoms. The van der Waals surface area contributed by atoms with Gasteiger partial charge in [0.15, 0.2) is 0 Å². The molecule has 0 saturated carbocycles. The molecule has 0 radical (unpaired) electrons. The lowest BCUT2D eigenvalue weighted by molar-refractivity contribution is 0.159. The Bertz CT molecular complexity index is 209. The topological polar surface area (TPSA) is 49.6 Å². The number of likely N-dealkylation sites (N-methyl/N-ethyl adjacent to an activating group) is 1. The minimum atomic E-state index is -0.102. The zero-order valence-electron chi connectivity index (χ0n) is 8.87. The quantitative estimate of drug-likeness (QED) is 0.646. The van der Waals surface area contributed by atoms with E-state index in [1.807, 2.05) is 32.7 Å². The highest BCUT2D eigenvalue weighted by molar-refractivity contribution is 5.77. The van der Waals surface area contributed by atoms with Crippen molar-refractivity contribution in [2.45, 2.75) is 32.4 Å². The van der Waals surface area contributed by atoms with Gasteiger partial charge in [-0.3, -0.25) is 0 Å². The number of nitrogens with two attached hydrogens (primary N) is 1. The summed E-state index contributed by atoms with van der Waals surface area (Å²) in [6, 6.07) is 0.259. The molecule has 2 N–H and O–H groups in total. The van der Waals surface area contributed by atoms with Crippen LogP contribution in [0.2, 0.25) is 0 Å². The Morgan fingerprint density at radius 3 is 2.31 bits per heavy atom. The second-order valence-electron chi connectivity index (χ2n) is 4.56. The van der Waals surface area contributed by atoms with Crippen LogP contribution in [0.4, 0.5) is 4.79 Å². The first-order valence-corrected chi connectivity index (χ1v) is 4.62. The van der Waals surface area contributed by atoms with E-state index in [4.69, 9.17) is 5.73 Å². The molecule has 0 bridgehead atoms. The lowest BCUT2D eigenvalue weighted by Crippen LogP contribution is -2.43. The van der Waals surface area contributed by atoms with E-state index in [1.54, 1.807) is 4.90 Å². The minimum absolute atomic E-state index is 0.0861. The second-order valence-corrected chi connectivity index (χ2v) is 4.56. The molecule has 1 heterocycles. The summed E-state index contributed by atoms with van der Waals surface area (Å²) >= 11 is 0. The van der Waals surface area contributed by atoms with E-state index < -0.39 is 0 Å². The fourth-order valence-electron chi connectivity index (χ4n) is 1.55. The predicted octanol–water partition coefficient (Wildman–Crippen LogP) is 0.480. The summed E-state index contributed by atoms with van der Waals surface area (Å²) in [7, 11) is 1.81. The number of amides is 2. The first-order valence-electron chi connectivity index (χ1n) is 4.62. The zero-order valence-corrected chi connectivity index (χ0v) is 8.87. The van der Waals surface area contributed by atoms with E-state index in [0.717, 1.165) is 6.54 Å². The number of carbonyl (C=O) groups is 1. The predicted molar refractivity (Wildman–Crippen MR) is 52.5 cm³/mol. The van der Waals surface area contributed by atoms with Crippen LogP contribution in [0.15, 0.2) is 0 Å². The van der Waals surface area contributed by atoms with Gasteiger partial charge in [0.1, 0.15) is 0 Å². The summed E-state index contributed by atoms with van der Waals surface area (Å²) in [5.74, 6) is 0. The molecule has 76 valence electrons. The summed E-state index contributed by atoms with van der Waals surface area (Å²) in [4.78, 5) is 15.3. The van der Waals surface area contributed by atoms with Crippen molar-refractivity contribution in [3.63, 3.8) is 0 Å². The van der Waals surface area contributed by atoms with Crippen LogP contribution in [-0.4, -0.2) is 47.5 Å². The summed E-state index contributed by atoms with van der Waals surface area (Å²) in [5, 5.41) is 0. The van der Waals surface area contributed by atoms with Crippen LogP contribution in [0, 0.1) is 0 Å². The Morgan fingerprint density at radius 1 is 1.54 bits per heavy atom. The Labute approximate surface area is 79.7 Å². The van der Waals surface area contributed by atoms with E-state index in [1.165, 1.54) is 0 Å². The largest absolute Gasteiger partial charge is 0.328 e. The van der Waals surface area contributed by atoms with Gasteiger partial charge in [-0.1, -0.05) is 0 Å². The summed E-state index contributed by atoms with van der Waals surface area (Å²) < 4.78 is 0. The SMILES string of the molecule is CN1C(=O)N(C(C)(C)C)CC1CN.